The Morgan fingerprint density at radius 2 is 2.22 bits per heavy atom. The second-order valence-electron chi connectivity index (χ2n) is 3.57. The lowest BCUT2D eigenvalue weighted by Crippen LogP contribution is -2.31. The van der Waals surface area contributed by atoms with Gasteiger partial charge in [-0.1, -0.05) is 15.9 Å². The smallest absolute Gasteiger partial charge is 0.342 e. The molecule has 1 rings (SSSR count). The zero-order valence-corrected chi connectivity index (χ0v) is 11.7. The maximum absolute atomic E-state index is 13.8. The number of carbonyl (C=O) groups excluding carboxylic acids is 1. The van der Waals surface area contributed by atoms with Crippen molar-refractivity contribution in [3.05, 3.63) is 28.2 Å². The van der Waals surface area contributed by atoms with Gasteiger partial charge in [-0.2, -0.15) is 0 Å². The molecule has 2 N–H and O–H groups in total. The molecular weight excluding hydrogens is 305 g/mol. The van der Waals surface area contributed by atoms with Crippen LogP contribution in [-0.4, -0.2) is 25.9 Å². The molecule has 0 aliphatic heterocycles. The summed E-state index contributed by atoms with van der Waals surface area (Å²) in [6, 6.07) is 3.88. The number of benzene rings is 1. The third-order valence-corrected chi connectivity index (χ3v) is 2.87. The van der Waals surface area contributed by atoms with Crippen LogP contribution in [0, 0.1) is 0 Å². The number of hydrogen-bond donors (Lipinski definition) is 1. The van der Waals surface area contributed by atoms with E-state index in [0.717, 1.165) is 4.47 Å². The number of hydrogen-bond acceptors (Lipinski definition) is 4. The van der Waals surface area contributed by atoms with E-state index in [9.17, 15) is 9.18 Å². The van der Waals surface area contributed by atoms with E-state index in [1.807, 2.05) is 0 Å². The zero-order chi connectivity index (χ0) is 13.7. The quantitative estimate of drug-likeness (QED) is 0.846. The average Bonchev–Trinajstić information content (AvgIpc) is 2.37. The fraction of sp³-hybridized carbons (Fsp3) is 0.417. The van der Waals surface area contributed by atoms with Gasteiger partial charge in [0.25, 0.3) is 0 Å². The first-order valence-corrected chi connectivity index (χ1v) is 6.20. The van der Waals surface area contributed by atoms with Crippen LogP contribution < -0.4 is 10.5 Å². The van der Waals surface area contributed by atoms with Gasteiger partial charge < -0.3 is 15.2 Å². The number of halogens is 2. The van der Waals surface area contributed by atoms with Crippen LogP contribution in [0.5, 0.6) is 5.75 Å². The first-order chi connectivity index (χ1) is 8.51. The minimum Gasteiger partial charge on any atom is -0.496 e. The van der Waals surface area contributed by atoms with E-state index in [2.05, 4.69) is 20.7 Å². The molecule has 6 heteroatoms. The van der Waals surface area contributed by atoms with Gasteiger partial charge in [-0.3, -0.25) is 0 Å². The third-order valence-electron chi connectivity index (χ3n) is 2.38. The highest BCUT2D eigenvalue weighted by Crippen LogP contribution is 2.30. The molecule has 0 saturated heterocycles. The first-order valence-electron chi connectivity index (χ1n) is 5.41. The molecule has 100 valence electrons. The lowest BCUT2D eigenvalue weighted by Gasteiger charge is -2.18. The molecule has 0 amide bonds. The molecule has 0 fully saturated rings. The number of methoxy groups -OCH3 is 1. The summed E-state index contributed by atoms with van der Waals surface area (Å²) in [6.07, 6.45) is -1.92. The van der Waals surface area contributed by atoms with Crippen molar-refractivity contribution in [1.82, 2.24) is 0 Å². The van der Waals surface area contributed by atoms with Crippen LogP contribution in [0.2, 0.25) is 0 Å². The van der Waals surface area contributed by atoms with Gasteiger partial charge in [0.15, 0.2) is 0 Å². The summed E-state index contributed by atoms with van der Waals surface area (Å²) in [6.45, 7) is 1.72. The Labute approximate surface area is 113 Å². The molecule has 0 radical (unpaired) electrons. The molecule has 4 nitrogen and oxygen atoms in total. The highest BCUT2D eigenvalue weighted by Gasteiger charge is 2.29. The molecule has 0 aliphatic carbocycles. The highest BCUT2D eigenvalue weighted by atomic mass is 79.9. The molecule has 0 bridgehead atoms. The molecule has 1 aromatic carbocycles. The largest absolute Gasteiger partial charge is 0.496 e. The summed E-state index contributed by atoms with van der Waals surface area (Å²) < 4.78 is 24.3. The van der Waals surface area contributed by atoms with Crippen molar-refractivity contribution >= 4 is 21.9 Å². The van der Waals surface area contributed by atoms with Crippen molar-refractivity contribution in [3.8, 4) is 5.75 Å². The van der Waals surface area contributed by atoms with Crippen LogP contribution in [0.4, 0.5) is 4.39 Å². The van der Waals surface area contributed by atoms with Crippen LogP contribution >= 0.6 is 15.9 Å². The highest BCUT2D eigenvalue weighted by molar-refractivity contribution is 9.10. The standard InChI is InChI=1S/C12H15BrFNO3/c1-3-18-12(16)10(14)11(15)8-6-7(13)4-5-9(8)17-2/h4-6,10-11H,3,15H2,1-2H3/t10?,11-/m1/s1. The summed E-state index contributed by atoms with van der Waals surface area (Å²) in [5, 5.41) is 0. The van der Waals surface area contributed by atoms with Crippen LogP contribution in [0.3, 0.4) is 0 Å². The molecule has 0 aliphatic rings. The summed E-state index contributed by atoms with van der Waals surface area (Å²) in [5.74, 6) is -0.537. The summed E-state index contributed by atoms with van der Waals surface area (Å²) >= 11 is 3.26. The first kappa shape index (κ1) is 14.9. The molecule has 0 aromatic heterocycles. The van der Waals surface area contributed by atoms with E-state index in [4.69, 9.17) is 10.5 Å². The fourth-order valence-electron chi connectivity index (χ4n) is 1.49. The number of carbonyl (C=O) groups is 1. The molecule has 0 spiro atoms. The maximum Gasteiger partial charge on any atom is 0.342 e. The van der Waals surface area contributed by atoms with Gasteiger partial charge in [-0.15, -0.1) is 0 Å². The fourth-order valence-corrected chi connectivity index (χ4v) is 1.87. The Kier molecular flexibility index (Phi) is 5.55. The molecule has 2 atom stereocenters. The Morgan fingerprint density at radius 1 is 1.56 bits per heavy atom. The van der Waals surface area contributed by atoms with Crippen LogP contribution in [0.15, 0.2) is 22.7 Å². The Balaban J connectivity index is 2.98. The van der Waals surface area contributed by atoms with Gasteiger partial charge >= 0.3 is 5.97 Å². The number of alkyl halides is 1. The van der Waals surface area contributed by atoms with E-state index in [-0.39, 0.29) is 6.61 Å². The van der Waals surface area contributed by atoms with Crippen molar-refractivity contribution < 1.29 is 18.7 Å². The second kappa shape index (κ2) is 6.70. The molecule has 0 saturated carbocycles. The van der Waals surface area contributed by atoms with E-state index in [1.54, 1.807) is 25.1 Å². The SMILES string of the molecule is CCOC(=O)C(F)[C@H](N)c1cc(Br)ccc1OC. The van der Waals surface area contributed by atoms with Gasteiger partial charge in [0, 0.05) is 10.0 Å². The van der Waals surface area contributed by atoms with Crippen LogP contribution in [0.25, 0.3) is 0 Å². The number of esters is 1. The molecule has 0 heterocycles. The van der Waals surface area contributed by atoms with Crippen molar-refractivity contribution in [2.45, 2.75) is 19.1 Å². The minimum atomic E-state index is -1.92. The molecule has 18 heavy (non-hydrogen) atoms. The summed E-state index contributed by atoms with van der Waals surface area (Å²) in [4.78, 5) is 11.3. The van der Waals surface area contributed by atoms with Crippen LogP contribution in [-0.2, 0) is 9.53 Å². The molecule has 1 aromatic rings. The zero-order valence-electron chi connectivity index (χ0n) is 10.2. The lowest BCUT2D eigenvalue weighted by atomic mass is 10.0. The van der Waals surface area contributed by atoms with Crippen molar-refractivity contribution in [2.75, 3.05) is 13.7 Å². The van der Waals surface area contributed by atoms with Crippen molar-refractivity contribution in [2.24, 2.45) is 5.73 Å². The number of nitrogens with two attached hydrogens (primary N) is 1. The molecular formula is C12H15BrFNO3. The third kappa shape index (κ3) is 3.43. The normalized spacial score (nSPS) is 13.8. The summed E-state index contributed by atoms with van der Waals surface area (Å²) in [5.41, 5.74) is 6.15. The number of rotatable bonds is 5. The molecule has 1 unspecified atom stereocenters. The van der Waals surface area contributed by atoms with Crippen molar-refractivity contribution in [3.63, 3.8) is 0 Å². The van der Waals surface area contributed by atoms with E-state index in [1.165, 1.54) is 7.11 Å². The van der Waals surface area contributed by atoms with Crippen LogP contribution in [0.1, 0.15) is 18.5 Å². The van der Waals surface area contributed by atoms with E-state index >= 15 is 0 Å². The van der Waals surface area contributed by atoms with Gasteiger partial charge in [-0.05, 0) is 25.1 Å². The Bertz CT molecular complexity index is 428. The average molecular weight is 320 g/mol. The predicted octanol–water partition coefficient (Wildman–Crippen LogP) is 2.36. The van der Waals surface area contributed by atoms with Gasteiger partial charge in [0.2, 0.25) is 6.17 Å². The van der Waals surface area contributed by atoms with Gasteiger partial charge in [0.1, 0.15) is 5.75 Å². The van der Waals surface area contributed by atoms with Gasteiger partial charge in [-0.25, -0.2) is 9.18 Å². The van der Waals surface area contributed by atoms with E-state index in [0.29, 0.717) is 11.3 Å². The Hall–Kier alpha value is -1.14. The lowest BCUT2D eigenvalue weighted by molar-refractivity contribution is -0.149. The predicted molar refractivity (Wildman–Crippen MR) is 69.2 cm³/mol. The number of ether oxygens (including phenoxy) is 2. The van der Waals surface area contributed by atoms with Gasteiger partial charge in [0.05, 0.1) is 19.8 Å². The minimum absolute atomic E-state index is 0.113. The topological polar surface area (TPSA) is 61.5 Å². The van der Waals surface area contributed by atoms with Crippen molar-refractivity contribution in [1.29, 1.82) is 0 Å². The summed E-state index contributed by atoms with van der Waals surface area (Å²) in [7, 11) is 1.46. The monoisotopic (exact) mass is 319 g/mol. The maximum atomic E-state index is 13.8. The Morgan fingerprint density at radius 3 is 2.78 bits per heavy atom. The van der Waals surface area contributed by atoms with E-state index < -0.39 is 18.2 Å². The second-order valence-corrected chi connectivity index (χ2v) is 4.48.